The zero-order valence-electron chi connectivity index (χ0n) is 12.5. The number of benzene rings is 1. The molecule has 0 aromatic heterocycles. The normalized spacial score (nSPS) is 21.6. The number of halogens is 1. The quantitative estimate of drug-likeness (QED) is 0.785. The van der Waals surface area contributed by atoms with Crippen LogP contribution in [0.5, 0.6) is 0 Å². The molecule has 5 heteroatoms. The van der Waals surface area contributed by atoms with Gasteiger partial charge in [-0.25, -0.2) is 0 Å². The summed E-state index contributed by atoms with van der Waals surface area (Å²) in [5.74, 6) is -0.261. The third-order valence-corrected chi connectivity index (χ3v) is 4.57. The van der Waals surface area contributed by atoms with Crippen molar-refractivity contribution in [1.82, 2.24) is 0 Å². The van der Waals surface area contributed by atoms with Crippen LogP contribution in [0, 0.1) is 11.3 Å². The average molecular weight is 292 g/mol. The molecule has 3 nitrogen and oxygen atoms in total. The molecule has 0 amide bonds. The Balaban J connectivity index is 2.48. The summed E-state index contributed by atoms with van der Waals surface area (Å²) >= 11 is 6.33. The van der Waals surface area contributed by atoms with Crippen LogP contribution in [-0.4, -0.2) is 18.3 Å². The highest BCUT2D eigenvalue weighted by Crippen LogP contribution is 2.37. The van der Waals surface area contributed by atoms with Gasteiger partial charge in [-0.05, 0) is 46.2 Å². The summed E-state index contributed by atoms with van der Waals surface area (Å²) < 4.78 is 12.1. The van der Waals surface area contributed by atoms with E-state index in [0.717, 1.165) is 11.0 Å². The first kappa shape index (κ1) is 15.4. The van der Waals surface area contributed by atoms with Gasteiger partial charge in [0.25, 0.3) is 0 Å². The number of rotatable bonds is 2. The van der Waals surface area contributed by atoms with E-state index in [1.165, 1.54) is 0 Å². The first-order valence-corrected chi connectivity index (χ1v) is 7.11. The van der Waals surface area contributed by atoms with Crippen molar-refractivity contribution >= 4 is 24.2 Å². The van der Waals surface area contributed by atoms with E-state index in [2.05, 4.69) is 6.07 Å². The summed E-state index contributed by atoms with van der Waals surface area (Å²) in [6, 6.07) is 7.80. The summed E-state index contributed by atoms with van der Waals surface area (Å²) in [5, 5.41) is 9.75. The summed E-state index contributed by atoms with van der Waals surface area (Å²) in [6.45, 7) is 9.84. The van der Waals surface area contributed by atoms with E-state index >= 15 is 0 Å². The van der Waals surface area contributed by atoms with Crippen LogP contribution in [0.4, 0.5) is 0 Å². The lowest BCUT2D eigenvalue weighted by molar-refractivity contribution is 0.00578. The van der Waals surface area contributed by atoms with Crippen molar-refractivity contribution in [2.24, 2.45) is 0 Å². The van der Waals surface area contributed by atoms with Gasteiger partial charge in [0.1, 0.15) is 0 Å². The minimum absolute atomic E-state index is 0.261. The first-order chi connectivity index (χ1) is 9.19. The Morgan fingerprint density at radius 1 is 1.20 bits per heavy atom. The maximum atomic E-state index is 9.18. The second kappa shape index (κ2) is 5.07. The molecule has 1 aromatic rings. The van der Waals surface area contributed by atoms with Crippen molar-refractivity contribution in [2.45, 2.75) is 51.7 Å². The summed E-state index contributed by atoms with van der Waals surface area (Å²) in [4.78, 5) is 0. The third kappa shape index (κ3) is 2.46. The van der Waals surface area contributed by atoms with Crippen LogP contribution in [0.25, 0.3) is 0 Å². The lowest BCUT2D eigenvalue weighted by Crippen LogP contribution is -2.41. The third-order valence-electron chi connectivity index (χ3n) is 4.24. The Labute approximate surface area is 126 Å². The fraction of sp³-hybridized carbons (Fsp3) is 0.533. The highest BCUT2D eigenvalue weighted by molar-refractivity contribution is 6.66. The van der Waals surface area contributed by atoms with Gasteiger partial charge in [0, 0.05) is 10.5 Å². The molecule has 1 aliphatic rings. The van der Waals surface area contributed by atoms with Gasteiger partial charge in [0.05, 0.1) is 23.2 Å². The standard InChI is InChI=1S/C15H19BClNO2/c1-10(9-18)11-7-6-8-12(17)13(11)16-19-14(2,3)15(4,5)20-16/h6-8,10H,1-5H3. The molecule has 0 bridgehead atoms. The van der Waals surface area contributed by atoms with Gasteiger partial charge in [-0.1, -0.05) is 23.7 Å². The summed E-state index contributed by atoms with van der Waals surface area (Å²) in [5.41, 5.74) is 0.772. The van der Waals surface area contributed by atoms with Gasteiger partial charge >= 0.3 is 7.12 Å². The Morgan fingerprint density at radius 3 is 2.25 bits per heavy atom. The van der Waals surface area contributed by atoms with Gasteiger partial charge in [0.15, 0.2) is 0 Å². The molecule has 1 fully saturated rings. The molecule has 0 saturated carbocycles. The van der Waals surface area contributed by atoms with Crippen LogP contribution in [0.15, 0.2) is 18.2 Å². The molecule has 106 valence electrons. The first-order valence-electron chi connectivity index (χ1n) is 6.73. The molecule has 0 aliphatic carbocycles. The van der Waals surface area contributed by atoms with Gasteiger partial charge in [-0.3, -0.25) is 0 Å². The average Bonchev–Trinajstić information content (AvgIpc) is 2.56. The Morgan fingerprint density at radius 2 is 1.75 bits per heavy atom. The number of nitrogens with zero attached hydrogens (tertiary/aromatic N) is 1. The molecule has 0 N–H and O–H groups in total. The molecule has 1 aliphatic heterocycles. The van der Waals surface area contributed by atoms with Crippen LogP contribution in [0.2, 0.25) is 5.02 Å². The van der Waals surface area contributed by atoms with E-state index in [1.807, 2.05) is 46.8 Å². The van der Waals surface area contributed by atoms with Gasteiger partial charge in [-0.2, -0.15) is 5.26 Å². The molecule has 1 unspecified atom stereocenters. The predicted octanol–water partition coefficient (Wildman–Crippen LogP) is 3.27. The molecule has 20 heavy (non-hydrogen) atoms. The van der Waals surface area contributed by atoms with Gasteiger partial charge < -0.3 is 9.31 Å². The lowest BCUT2D eigenvalue weighted by atomic mass is 9.73. The number of nitriles is 1. The monoisotopic (exact) mass is 291 g/mol. The number of hydrogen-bond acceptors (Lipinski definition) is 3. The zero-order valence-corrected chi connectivity index (χ0v) is 13.3. The smallest absolute Gasteiger partial charge is 0.399 e. The molecule has 1 heterocycles. The largest absolute Gasteiger partial charge is 0.496 e. The van der Waals surface area contributed by atoms with Crippen LogP contribution in [0.1, 0.15) is 46.1 Å². The molecule has 0 radical (unpaired) electrons. The van der Waals surface area contributed by atoms with E-state index in [0.29, 0.717) is 5.02 Å². The van der Waals surface area contributed by atoms with E-state index < -0.39 is 18.3 Å². The van der Waals surface area contributed by atoms with Crippen molar-refractivity contribution in [3.05, 3.63) is 28.8 Å². The minimum atomic E-state index is -0.542. The molecule has 2 rings (SSSR count). The highest BCUT2D eigenvalue weighted by atomic mass is 35.5. The Hall–Kier alpha value is -1.02. The van der Waals surface area contributed by atoms with Crippen molar-refractivity contribution in [2.75, 3.05) is 0 Å². The second-order valence-electron chi connectivity index (χ2n) is 6.18. The van der Waals surface area contributed by atoms with Crippen molar-refractivity contribution in [3.63, 3.8) is 0 Å². The maximum absolute atomic E-state index is 9.18. The van der Waals surface area contributed by atoms with E-state index in [9.17, 15) is 5.26 Å². The summed E-state index contributed by atoms with van der Waals surface area (Å²) in [7, 11) is -0.542. The lowest BCUT2D eigenvalue weighted by Gasteiger charge is -2.32. The van der Waals surface area contributed by atoms with Crippen molar-refractivity contribution < 1.29 is 9.31 Å². The van der Waals surface area contributed by atoms with E-state index in [1.54, 1.807) is 6.07 Å². The molecular formula is C15H19BClNO2. The number of hydrogen-bond donors (Lipinski definition) is 0. The summed E-state index contributed by atoms with van der Waals surface area (Å²) in [6.07, 6.45) is 0. The topological polar surface area (TPSA) is 42.2 Å². The fourth-order valence-electron chi connectivity index (χ4n) is 2.21. The van der Waals surface area contributed by atoms with Crippen LogP contribution in [0.3, 0.4) is 0 Å². The van der Waals surface area contributed by atoms with Gasteiger partial charge in [0.2, 0.25) is 0 Å². The SMILES string of the molecule is CC(C#N)c1cccc(Cl)c1B1OC(C)(C)C(C)(C)O1. The molecule has 1 saturated heterocycles. The molecule has 0 spiro atoms. The second-order valence-corrected chi connectivity index (χ2v) is 6.59. The van der Waals surface area contributed by atoms with E-state index in [-0.39, 0.29) is 5.92 Å². The molecule has 1 aromatic carbocycles. The van der Waals surface area contributed by atoms with Crippen molar-refractivity contribution in [1.29, 1.82) is 5.26 Å². The van der Waals surface area contributed by atoms with Crippen LogP contribution >= 0.6 is 11.6 Å². The van der Waals surface area contributed by atoms with E-state index in [4.69, 9.17) is 20.9 Å². The fourth-order valence-corrected chi connectivity index (χ4v) is 2.48. The van der Waals surface area contributed by atoms with Crippen molar-refractivity contribution in [3.8, 4) is 6.07 Å². The minimum Gasteiger partial charge on any atom is -0.399 e. The Kier molecular flexibility index (Phi) is 3.90. The molecule has 1 atom stereocenters. The van der Waals surface area contributed by atoms with Crippen LogP contribution in [-0.2, 0) is 9.31 Å². The predicted molar refractivity (Wildman–Crippen MR) is 81.2 cm³/mol. The van der Waals surface area contributed by atoms with Crippen LogP contribution < -0.4 is 5.46 Å². The molecular weight excluding hydrogens is 272 g/mol. The van der Waals surface area contributed by atoms with Gasteiger partial charge in [-0.15, -0.1) is 0 Å². The zero-order chi connectivity index (χ0) is 15.1. The Bertz CT molecular complexity index is 549. The maximum Gasteiger partial charge on any atom is 0.496 e. The highest BCUT2D eigenvalue weighted by Gasteiger charge is 2.52.